The summed E-state index contributed by atoms with van der Waals surface area (Å²) in [7, 11) is 1.89. The van der Waals surface area contributed by atoms with Crippen molar-refractivity contribution >= 4 is 91.6 Å². The highest BCUT2D eigenvalue weighted by Crippen LogP contribution is 2.25. The number of amides is 9. The number of aliphatic hydroxyl groups is 1. The van der Waals surface area contributed by atoms with Crippen molar-refractivity contribution in [2.24, 2.45) is 17.4 Å². The third-order valence-electron chi connectivity index (χ3n) is 15.9. The minimum atomic E-state index is -1.54. The van der Waals surface area contributed by atoms with E-state index in [2.05, 4.69) is 63.5 Å². The average Bonchev–Trinajstić information content (AvgIpc) is 1.80. The Hall–Kier alpha value is -8.00. The van der Waals surface area contributed by atoms with Crippen molar-refractivity contribution in [1.82, 2.24) is 63.5 Å². The number of fused-ring (bicyclic) bond motifs is 1. The van der Waals surface area contributed by atoms with Gasteiger partial charge in [0.1, 0.15) is 60.0 Å². The summed E-state index contributed by atoms with van der Waals surface area (Å²) in [4.78, 5) is 143. The summed E-state index contributed by atoms with van der Waals surface area (Å²) in [6, 6.07) is 8.33. The molecule has 2 aliphatic rings. The molecule has 0 aliphatic carbocycles. The van der Waals surface area contributed by atoms with Crippen molar-refractivity contribution in [3.05, 3.63) is 95.7 Å². The highest BCUT2D eigenvalue weighted by atomic mass is 33.1. The van der Waals surface area contributed by atoms with Gasteiger partial charge in [-0.15, -0.1) is 0 Å². The van der Waals surface area contributed by atoms with Gasteiger partial charge in [-0.2, -0.15) is 0 Å². The lowest BCUT2D eigenvalue weighted by molar-refractivity contribution is -0.138. The standard InChI is InChI=1S/C63H90N14O14S2/c1-36(2)55-63(91)74-48(29-38-16-20-42(79)21-17-38)60(88)72-45(12-7-8-25-64)57(85)67-26-9-3-4-13-52(80)70-49(30-39-31-69-44-11-6-5-10-43(39)44)61(89)73-46(22-23-54(82)83)58(86)75-50(56(65)84)34-92-93-35-51(62(90)77-55)76-59(87)47(28-37-14-18-41(78)19-15-37)71-53(81)33-68-40-24-27-66-32-40/h5-6,10-11,14-21,31,36,40,45-52,55,66,68-70,78-80H,3-4,7-9,12-13,22-30,32-35,64H2,1-2H3,(H2,65,84)(H,67,85)(H,71,81)(H,72,88)(H,73,89)(H,74,91)(H,75,86)(H,76,87)(H,77,90)(H,82,83)/t40?,45-,46-,47-,48-,49-,50-,51-,52?,55-/m0/s1. The van der Waals surface area contributed by atoms with Crippen LogP contribution in [0.5, 0.6) is 11.5 Å². The molecule has 1 aromatic heterocycles. The van der Waals surface area contributed by atoms with Gasteiger partial charge < -0.3 is 90.0 Å². The topological polar surface area (TPSA) is 452 Å². The van der Waals surface area contributed by atoms with Crippen LogP contribution >= 0.6 is 21.6 Å². The summed E-state index contributed by atoms with van der Waals surface area (Å²) in [5, 5.41) is 73.3. The second-order valence-electron chi connectivity index (χ2n) is 23.6. The first-order valence-electron chi connectivity index (χ1n) is 31.4. The lowest BCUT2D eigenvalue weighted by Crippen LogP contribution is -2.61. The summed E-state index contributed by atoms with van der Waals surface area (Å²) < 4.78 is 0. The van der Waals surface area contributed by atoms with Gasteiger partial charge in [-0.25, -0.2) is 0 Å². The third kappa shape index (κ3) is 25.1. The van der Waals surface area contributed by atoms with Gasteiger partial charge in [0.15, 0.2) is 0 Å². The molecule has 93 heavy (non-hydrogen) atoms. The fraction of sp³-hybridized carbons (Fsp3) is 0.524. The first-order chi connectivity index (χ1) is 44.6. The molecule has 508 valence electrons. The molecular formula is C63H90N14O14S2. The molecule has 30 heteroatoms. The number of primary amides is 1. The summed E-state index contributed by atoms with van der Waals surface area (Å²) in [5.41, 5.74) is 14.2. The quantitative estimate of drug-likeness (QED) is 0.0367. The zero-order valence-electron chi connectivity index (χ0n) is 52.3. The maximum absolute atomic E-state index is 14.9. The molecule has 9 amide bonds. The van der Waals surface area contributed by atoms with Crippen molar-refractivity contribution in [2.75, 3.05) is 44.2 Å². The number of phenolic OH excluding ortho intramolecular Hbond substituents is 2. The number of para-hydroxylation sites is 1. The predicted octanol–water partition coefficient (Wildman–Crippen LogP) is -0.565. The van der Waals surface area contributed by atoms with E-state index in [9.17, 15) is 68.4 Å². The highest BCUT2D eigenvalue weighted by molar-refractivity contribution is 8.76. The van der Waals surface area contributed by atoms with E-state index in [4.69, 9.17) is 11.5 Å². The SMILES string of the molecule is CC(C)[C@@H]1NC(=O)[C@@H](NC(=O)[C@H](Cc2ccc(O)cc2)NC(=O)CNC2CCNC2)CSSC[C@@H](C(N)=O)NC(=O)[C@H](CCC(=O)O)NC(=O)[C@H](Cc2c[nH]c3ccccc23)NC(O)CCCCCNC(=O)[C@H](CCCCN)NC(=O)[C@H](Cc2ccc(O)cc2)NC1=O. The lowest BCUT2D eigenvalue weighted by Gasteiger charge is -2.29. The number of hydrogen-bond acceptors (Lipinski definition) is 19. The molecule has 2 unspecified atom stereocenters. The Morgan fingerprint density at radius 3 is 2.01 bits per heavy atom. The summed E-state index contributed by atoms with van der Waals surface area (Å²) in [5.74, 6) is -9.73. The number of carbonyl (C=O) groups is 10. The first kappa shape index (κ1) is 74.0. The fourth-order valence-corrected chi connectivity index (χ4v) is 12.9. The summed E-state index contributed by atoms with van der Waals surface area (Å²) in [6.07, 6.45) is 2.61. The molecule has 0 bridgehead atoms. The Bertz CT molecular complexity index is 3140. The van der Waals surface area contributed by atoms with Crippen molar-refractivity contribution in [2.45, 2.75) is 158 Å². The van der Waals surface area contributed by atoms with Crippen LogP contribution in [0.15, 0.2) is 79.0 Å². The normalized spacial score (nSPS) is 23.6. The van der Waals surface area contributed by atoms with Crippen LogP contribution in [0, 0.1) is 5.92 Å². The number of benzene rings is 3. The fourth-order valence-electron chi connectivity index (χ4n) is 10.6. The number of rotatable bonds is 21. The number of nitrogens with two attached hydrogens (primary N) is 2. The molecule has 3 heterocycles. The number of carboxylic acids is 1. The smallest absolute Gasteiger partial charge is 0.303 e. The van der Waals surface area contributed by atoms with Gasteiger partial charge in [-0.05, 0) is 124 Å². The van der Waals surface area contributed by atoms with Gasteiger partial charge in [-0.1, -0.05) is 84.3 Å². The summed E-state index contributed by atoms with van der Waals surface area (Å²) >= 11 is 0. The van der Waals surface area contributed by atoms with Crippen molar-refractivity contribution in [3.63, 3.8) is 0 Å². The number of carboxylic acid groups (broad SMARTS) is 1. The molecule has 2 fully saturated rings. The number of hydrogen-bond donors (Lipinski definition) is 18. The van der Waals surface area contributed by atoms with Crippen LogP contribution in [0.1, 0.15) is 94.7 Å². The monoisotopic (exact) mass is 1330 g/mol. The number of nitrogens with one attached hydrogen (secondary N) is 12. The molecule has 0 spiro atoms. The number of carbonyl (C=O) groups excluding carboxylic acids is 9. The molecular weight excluding hydrogens is 1240 g/mol. The maximum atomic E-state index is 14.9. The molecule has 2 aliphatic heterocycles. The Balaban J connectivity index is 1.33. The van der Waals surface area contributed by atoms with E-state index in [1.165, 1.54) is 24.3 Å². The highest BCUT2D eigenvalue weighted by Gasteiger charge is 2.36. The lowest BCUT2D eigenvalue weighted by atomic mass is 10.00. The molecule has 6 rings (SSSR count). The average molecular weight is 1330 g/mol. The number of aromatic amines is 1. The number of unbranched alkanes of at least 4 members (excludes halogenated alkanes) is 1. The zero-order valence-corrected chi connectivity index (χ0v) is 54.0. The van der Waals surface area contributed by atoms with Crippen molar-refractivity contribution < 1.29 is 68.4 Å². The van der Waals surface area contributed by atoms with Gasteiger partial charge in [0.25, 0.3) is 0 Å². The maximum Gasteiger partial charge on any atom is 0.303 e. The minimum absolute atomic E-state index is 0.000974. The van der Waals surface area contributed by atoms with E-state index in [-0.39, 0.29) is 74.2 Å². The Kier molecular flexibility index (Phi) is 30.5. The van der Waals surface area contributed by atoms with Crippen LogP contribution in [0.3, 0.4) is 0 Å². The van der Waals surface area contributed by atoms with E-state index >= 15 is 0 Å². The molecule has 2 saturated heterocycles. The van der Waals surface area contributed by atoms with Crippen LogP contribution < -0.4 is 70.0 Å². The van der Waals surface area contributed by atoms with Crippen LogP contribution in [-0.4, -0.2) is 189 Å². The molecule has 0 radical (unpaired) electrons. The minimum Gasteiger partial charge on any atom is -0.508 e. The third-order valence-corrected chi connectivity index (χ3v) is 18.3. The van der Waals surface area contributed by atoms with Crippen LogP contribution in [-0.2, 0) is 67.2 Å². The Morgan fingerprint density at radius 2 is 1.34 bits per heavy atom. The first-order valence-corrected chi connectivity index (χ1v) is 33.9. The van der Waals surface area contributed by atoms with Gasteiger partial charge in [0, 0.05) is 67.0 Å². The van der Waals surface area contributed by atoms with Gasteiger partial charge in [0.05, 0.1) is 12.6 Å². The van der Waals surface area contributed by atoms with Crippen LogP contribution in [0.4, 0.5) is 0 Å². The molecule has 20 N–H and O–H groups in total. The van der Waals surface area contributed by atoms with Crippen LogP contribution in [0.2, 0.25) is 0 Å². The van der Waals surface area contributed by atoms with E-state index in [0.29, 0.717) is 61.9 Å². The number of aromatic nitrogens is 1. The number of phenols is 2. The Morgan fingerprint density at radius 1 is 0.688 bits per heavy atom. The van der Waals surface area contributed by atoms with Crippen LogP contribution in [0.25, 0.3) is 10.9 Å². The second-order valence-corrected chi connectivity index (χ2v) is 26.1. The molecule has 10 atom stereocenters. The predicted molar refractivity (Wildman–Crippen MR) is 352 cm³/mol. The Labute approximate surface area is 547 Å². The molecule has 28 nitrogen and oxygen atoms in total. The van der Waals surface area contributed by atoms with E-state index in [0.717, 1.165) is 45.5 Å². The number of aliphatic hydroxyl groups excluding tert-OH is 1. The van der Waals surface area contributed by atoms with Gasteiger partial charge in [-0.3, -0.25) is 53.3 Å². The second kappa shape index (κ2) is 38.2. The van der Waals surface area contributed by atoms with Gasteiger partial charge in [0.2, 0.25) is 53.2 Å². The number of aromatic hydroxyl groups is 2. The molecule has 3 aromatic carbocycles. The largest absolute Gasteiger partial charge is 0.508 e. The van der Waals surface area contributed by atoms with E-state index in [1.54, 1.807) is 44.3 Å². The number of H-pyrrole nitrogens is 1. The summed E-state index contributed by atoms with van der Waals surface area (Å²) in [6.45, 7) is 4.98. The number of aliphatic carboxylic acids is 1. The molecule has 0 saturated carbocycles. The van der Waals surface area contributed by atoms with E-state index < -0.39 is 132 Å². The van der Waals surface area contributed by atoms with Crippen molar-refractivity contribution in [1.29, 1.82) is 0 Å². The zero-order chi connectivity index (χ0) is 67.4. The van der Waals surface area contributed by atoms with Crippen molar-refractivity contribution in [3.8, 4) is 11.5 Å². The van der Waals surface area contributed by atoms with Gasteiger partial charge >= 0.3 is 5.97 Å². The van der Waals surface area contributed by atoms with E-state index in [1.807, 2.05) is 24.3 Å². The molecule has 4 aromatic rings.